The lowest BCUT2D eigenvalue weighted by molar-refractivity contribution is -0.122. The van der Waals surface area contributed by atoms with E-state index in [9.17, 15) is 4.79 Å². The highest BCUT2D eigenvalue weighted by molar-refractivity contribution is 5.69. The second kappa shape index (κ2) is 17.3. The molecule has 1 fully saturated rings. The van der Waals surface area contributed by atoms with Gasteiger partial charge < -0.3 is 25.6 Å². The van der Waals surface area contributed by atoms with E-state index in [4.69, 9.17) is 26.2 Å². The molecule has 0 unspecified atom stereocenters. The summed E-state index contributed by atoms with van der Waals surface area (Å²) >= 11 is 0. The third kappa shape index (κ3) is 10.4. The smallest absolute Gasteiger partial charge is 0.290 e. The highest BCUT2D eigenvalue weighted by Gasteiger charge is 2.43. The fourth-order valence-corrected chi connectivity index (χ4v) is 5.17. The van der Waals surface area contributed by atoms with Crippen molar-refractivity contribution in [3.8, 4) is 5.75 Å². The molecular formula is C34H51N5O4. The number of aryl methyl sites for hydroxylation is 3. The maximum Gasteiger partial charge on any atom is 0.290 e. The molecule has 2 aliphatic rings. The molecule has 3 aromatic rings. The zero-order chi connectivity index (χ0) is 32.0. The SMILES string of the molecule is CCC.CCCc1ccc(C)c(CN2Cc3[nH]c(=O)ccc3OC3(CCC3)C2)c1.Cc1cccc(N(C)N)c1N.O=CO. The number of nitrogens with zero attached hydrogens (tertiary/aromatic N) is 2. The van der Waals surface area contributed by atoms with Crippen molar-refractivity contribution >= 4 is 17.8 Å². The largest absolute Gasteiger partial charge is 0.484 e. The van der Waals surface area contributed by atoms with Crippen LogP contribution in [0.1, 0.15) is 80.8 Å². The molecule has 1 aliphatic heterocycles. The maximum absolute atomic E-state index is 11.8. The number of hydrazine groups is 1. The van der Waals surface area contributed by atoms with Gasteiger partial charge in [-0.15, -0.1) is 0 Å². The number of nitrogens with two attached hydrogens (primary N) is 2. The van der Waals surface area contributed by atoms with E-state index in [1.54, 1.807) is 13.1 Å². The lowest BCUT2D eigenvalue weighted by Gasteiger charge is -2.43. The van der Waals surface area contributed by atoms with Crippen molar-refractivity contribution in [3.63, 3.8) is 0 Å². The van der Waals surface area contributed by atoms with E-state index >= 15 is 0 Å². The summed E-state index contributed by atoms with van der Waals surface area (Å²) < 4.78 is 6.38. The van der Waals surface area contributed by atoms with Crippen LogP contribution in [-0.2, 0) is 24.3 Å². The van der Waals surface area contributed by atoms with Crippen LogP contribution in [0.5, 0.6) is 5.75 Å². The zero-order valence-corrected chi connectivity index (χ0v) is 26.8. The number of aromatic nitrogens is 1. The van der Waals surface area contributed by atoms with Crippen molar-refractivity contribution in [2.75, 3.05) is 24.3 Å². The van der Waals surface area contributed by atoms with Crippen LogP contribution in [0.25, 0.3) is 0 Å². The lowest BCUT2D eigenvalue weighted by atomic mass is 9.79. The van der Waals surface area contributed by atoms with Gasteiger partial charge in [0, 0.05) is 32.7 Å². The Morgan fingerprint density at radius 1 is 1.09 bits per heavy atom. The summed E-state index contributed by atoms with van der Waals surface area (Å²) in [5, 5.41) is 8.41. The van der Waals surface area contributed by atoms with Crippen LogP contribution in [0.4, 0.5) is 11.4 Å². The summed E-state index contributed by atoms with van der Waals surface area (Å²) in [5.74, 6) is 6.39. The van der Waals surface area contributed by atoms with Crippen molar-refractivity contribution < 1.29 is 14.6 Å². The Morgan fingerprint density at radius 3 is 2.33 bits per heavy atom. The number of aromatic amines is 1. The van der Waals surface area contributed by atoms with Crippen LogP contribution in [0, 0.1) is 13.8 Å². The molecule has 0 radical (unpaired) electrons. The normalized spacial score (nSPS) is 14.5. The highest BCUT2D eigenvalue weighted by Crippen LogP contribution is 2.40. The first-order chi connectivity index (χ1) is 20.5. The molecule has 0 bridgehead atoms. The van der Waals surface area contributed by atoms with Gasteiger partial charge in [0.1, 0.15) is 11.4 Å². The first-order valence-corrected chi connectivity index (χ1v) is 15.2. The van der Waals surface area contributed by atoms with E-state index in [2.05, 4.69) is 55.8 Å². The molecule has 1 aromatic heterocycles. The number of nitrogen functional groups attached to an aromatic ring is 1. The molecule has 1 spiro atoms. The van der Waals surface area contributed by atoms with Gasteiger partial charge in [-0.25, -0.2) is 5.84 Å². The number of hydrogen-bond donors (Lipinski definition) is 4. The van der Waals surface area contributed by atoms with Gasteiger partial charge in [-0.3, -0.25) is 14.5 Å². The number of H-pyrrole nitrogens is 1. The van der Waals surface area contributed by atoms with Crippen LogP contribution in [-0.4, -0.2) is 40.7 Å². The first kappa shape index (κ1) is 35.4. The van der Waals surface area contributed by atoms with Gasteiger partial charge in [-0.05, 0) is 73.9 Å². The highest BCUT2D eigenvalue weighted by atomic mass is 16.5. The summed E-state index contributed by atoms with van der Waals surface area (Å²) in [7, 11) is 1.77. The molecule has 9 nitrogen and oxygen atoms in total. The number of benzene rings is 2. The van der Waals surface area contributed by atoms with Crippen LogP contribution >= 0.6 is 0 Å². The number of carboxylic acid groups (broad SMARTS) is 1. The molecule has 0 saturated heterocycles. The predicted octanol–water partition coefficient (Wildman–Crippen LogP) is 5.96. The molecule has 0 amide bonds. The van der Waals surface area contributed by atoms with Gasteiger partial charge >= 0.3 is 0 Å². The minimum atomic E-state index is -0.250. The van der Waals surface area contributed by atoms with E-state index in [1.807, 2.05) is 31.2 Å². The Balaban J connectivity index is 0.000000315. The van der Waals surface area contributed by atoms with Crippen molar-refractivity contribution in [2.24, 2.45) is 5.84 Å². The Labute approximate surface area is 256 Å². The zero-order valence-electron chi connectivity index (χ0n) is 26.8. The molecule has 2 heterocycles. The van der Waals surface area contributed by atoms with Crippen molar-refractivity contribution in [1.29, 1.82) is 0 Å². The second-order valence-corrected chi connectivity index (χ2v) is 11.4. The van der Waals surface area contributed by atoms with Crippen molar-refractivity contribution in [1.82, 2.24) is 9.88 Å². The fraction of sp³-hybridized carbons (Fsp3) is 0.471. The molecule has 6 N–H and O–H groups in total. The number of fused-ring (bicyclic) bond motifs is 1. The summed E-state index contributed by atoms with van der Waals surface area (Å²) in [6.45, 7) is 12.9. The number of pyridine rings is 1. The number of ether oxygens (including phenoxy) is 1. The van der Waals surface area contributed by atoms with Crippen LogP contribution in [0.2, 0.25) is 0 Å². The Kier molecular flexibility index (Phi) is 14.3. The molecule has 9 heteroatoms. The first-order valence-electron chi connectivity index (χ1n) is 15.2. The lowest BCUT2D eigenvalue weighted by Crippen LogP contribution is -2.50. The number of anilines is 2. The minimum absolute atomic E-state index is 0.0574. The van der Waals surface area contributed by atoms with Gasteiger partial charge in [0.25, 0.3) is 6.47 Å². The van der Waals surface area contributed by atoms with Gasteiger partial charge in [-0.1, -0.05) is 63.9 Å². The van der Waals surface area contributed by atoms with Crippen LogP contribution < -0.4 is 26.9 Å². The summed E-state index contributed by atoms with van der Waals surface area (Å²) in [6, 6.07) is 16.0. The van der Waals surface area contributed by atoms with Gasteiger partial charge in [0.15, 0.2) is 0 Å². The molecule has 236 valence electrons. The van der Waals surface area contributed by atoms with Crippen molar-refractivity contribution in [3.05, 3.63) is 86.8 Å². The number of nitrogens with one attached hydrogen (secondary N) is 1. The van der Waals surface area contributed by atoms with E-state index in [-0.39, 0.29) is 17.6 Å². The molecule has 2 aromatic carbocycles. The Morgan fingerprint density at radius 2 is 1.77 bits per heavy atom. The Bertz CT molecular complexity index is 1350. The summed E-state index contributed by atoms with van der Waals surface area (Å²) in [6.07, 6.45) is 6.94. The van der Waals surface area contributed by atoms with E-state index in [0.29, 0.717) is 0 Å². The number of carbonyl (C=O) groups is 1. The Hall–Kier alpha value is -3.82. The standard InChI is InChI=1S/C22H28N2O2.C8H13N3.C3H8.CH2O2/c1-3-5-17-7-6-16(2)18(12-17)13-24-14-19-20(8-9-21(25)23-19)26-22(15-24)10-4-11-22;1-6-4-3-5-7(8(6)9)11(2)10;1-3-2;2-1-3/h6-9,12H,3-5,10-11,13-15H2,1-2H3,(H,23,25);3-5H,9-10H2,1-2H3;3H2,1-2H3;1H,(H,2,3). The number of para-hydroxylation sites is 1. The molecule has 0 atom stereocenters. The summed E-state index contributed by atoms with van der Waals surface area (Å²) in [4.78, 5) is 25.6. The average molecular weight is 594 g/mol. The number of rotatable bonds is 5. The van der Waals surface area contributed by atoms with Crippen LogP contribution in [0.3, 0.4) is 0 Å². The van der Waals surface area contributed by atoms with Crippen LogP contribution in [0.15, 0.2) is 53.3 Å². The fourth-order valence-electron chi connectivity index (χ4n) is 5.17. The predicted molar refractivity (Wildman–Crippen MR) is 176 cm³/mol. The second-order valence-electron chi connectivity index (χ2n) is 11.4. The molecule has 1 aliphatic carbocycles. The number of hydrogen-bond acceptors (Lipinski definition) is 7. The van der Waals surface area contributed by atoms with Gasteiger partial charge in [0.2, 0.25) is 5.56 Å². The third-order valence-electron chi connectivity index (χ3n) is 7.47. The van der Waals surface area contributed by atoms with E-state index < -0.39 is 0 Å². The maximum atomic E-state index is 11.8. The van der Waals surface area contributed by atoms with Crippen molar-refractivity contribution in [2.45, 2.75) is 91.8 Å². The van der Waals surface area contributed by atoms with Gasteiger partial charge in [-0.2, -0.15) is 0 Å². The average Bonchev–Trinajstić information content (AvgIpc) is 3.10. The summed E-state index contributed by atoms with van der Waals surface area (Å²) in [5.41, 5.74) is 13.3. The molecule has 43 heavy (non-hydrogen) atoms. The molecular weight excluding hydrogens is 542 g/mol. The monoisotopic (exact) mass is 593 g/mol. The minimum Gasteiger partial charge on any atom is -0.484 e. The third-order valence-corrected chi connectivity index (χ3v) is 7.47. The van der Waals surface area contributed by atoms with Gasteiger partial charge in [0.05, 0.1) is 17.1 Å². The topological polar surface area (TPSA) is 138 Å². The van der Waals surface area contributed by atoms with E-state index in [0.717, 1.165) is 73.7 Å². The molecule has 1 saturated carbocycles. The van der Waals surface area contributed by atoms with E-state index in [1.165, 1.54) is 34.5 Å². The molecule has 5 rings (SSSR count). The quantitative estimate of drug-likeness (QED) is 0.123.